The first kappa shape index (κ1) is 13.2. The van der Waals surface area contributed by atoms with Gasteiger partial charge in [-0.1, -0.05) is 41.9 Å². The number of fused-ring (bicyclic) bond motifs is 1. The van der Waals surface area contributed by atoms with Crippen LogP contribution in [-0.2, 0) is 6.42 Å². The molecule has 2 aromatic rings. The van der Waals surface area contributed by atoms with Crippen molar-refractivity contribution in [3.05, 3.63) is 63.7 Å². The van der Waals surface area contributed by atoms with E-state index in [0.29, 0.717) is 17.0 Å². The molecule has 0 fully saturated rings. The minimum atomic E-state index is -0.129. The maximum Gasteiger partial charge on any atom is 0.172 e. The van der Waals surface area contributed by atoms with Crippen LogP contribution in [0.1, 0.15) is 33.0 Å². The van der Waals surface area contributed by atoms with Crippen LogP contribution in [0.15, 0.2) is 36.4 Å². The Morgan fingerprint density at radius 3 is 2.60 bits per heavy atom. The minimum absolute atomic E-state index is 0.113. The normalized spacial score (nSPS) is 17.1. The van der Waals surface area contributed by atoms with Crippen LogP contribution in [0.3, 0.4) is 0 Å². The third kappa shape index (κ3) is 1.92. The van der Waals surface area contributed by atoms with Crippen molar-refractivity contribution in [1.29, 1.82) is 0 Å². The molecule has 0 spiro atoms. The topological polar surface area (TPSA) is 26.3 Å². The van der Waals surface area contributed by atoms with Crippen LogP contribution < -0.4 is 4.74 Å². The number of hydrogen-bond donors (Lipinski definition) is 0. The lowest BCUT2D eigenvalue weighted by Crippen LogP contribution is -2.07. The van der Waals surface area contributed by atoms with Gasteiger partial charge in [0.2, 0.25) is 0 Å². The number of ketones is 1. The molecular weight excluding hydrogens is 272 g/mol. The first-order chi connectivity index (χ1) is 9.63. The Kier molecular flexibility index (Phi) is 3.27. The predicted octanol–water partition coefficient (Wildman–Crippen LogP) is 4.18. The number of carbonyl (C=O) groups is 1. The molecule has 1 atom stereocenters. The zero-order valence-electron chi connectivity index (χ0n) is 11.4. The van der Waals surface area contributed by atoms with E-state index in [1.165, 1.54) is 0 Å². The first-order valence-corrected chi connectivity index (χ1v) is 6.96. The summed E-state index contributed by atoms with van der Waals surface area (Å²) in [7, 11) is 1.62. The lowest BCUT2D eigenvalue weighted by Gasteiger charge is -2.10. The van der Waals surface area contributed by atoms with E-state index >= 15 is 0 Å². The highest BCUT2D eigenvalue weighted by molar-refractivity contribution is 6.35. The summed E-state index contributed by atoms with van der Waals surface area (Å²) < 4.78 is 5.33. The molecule has 0 unspecified atom stereocenters. The largest absolute Gasteiger partial charge is 0.496 e. The van der Waals surface area contributed by atoms with E-state index in [9.17, 15) is 4.79 Å². The average molecular weight is 287 g/mol. The summed E-state index contributed by atoms with van der Waals surface area (Å²) in [6.07, 6.45) is 0.689. The van der Waals surface area contributed by atoms with E-state index in [1.807, 2.05) is 43.3 Å². The molecule has 3 heteroatoms. The standard InChI is InChI=1S/C17H15ClO2/c1-10-14(20-2)9-12-8-13(11-6-4-3-5-7-11)17(19)15(12)16(10)18/h3-7,9,13H,8H2,1-2H3/t13-/m1/s1. The Morgan fingerprint density at radius 1 is 1.25 bits per heavy atom. The molecular formula is C17H15ClO2. The summed E-state index contributed by atoms with van der Waals surface area (Å²) in [6.45, 7) is 1.88. The Balaban J connectivity index is 2.09. The molecule has 0 radical (unpaired) electrons. The van der Waals surface area contributed by atoms with Crippen molar-refractivity contribution < 1.29 is 9.53 Å². The second kappa shape index (κ2) is 4.95. The quantitative estimate of drug-likeness (QED) is 0.828. The molecule has 0 bridgehead atoms. The van der Waals surface area contributed by atoms with Crippen molar-refractivity contribution in [2.45, 2.75) is 19.3 Å². The van der Waals surface area contributed by atoms with Gasteiger partial charge in [-0.3, -0.25) is 4.79 Å². The number of halogens is 1. The van der Waals surface area contributed by atoms with Crippen molar-refractivity contribution >= 4 is 17.4 Å². The molecule has 20 heavy (non-hydrogen) atoms. The van der Waals surface area contributed by atoms with Crippen LogP contribution in [0.5, 0.6) is 5.75 Å². The van der Waals surface area contributed by atoms with Gasteiger partial charge in [-0.25, -0.2) is 0 Å². The molecule has 1 aliphatic rings. The fraction of sp³-hybridized carbons (Fsp3) is 0.235. The lowest BCUT2D eigenvalue weighted by atomic mass is 9.95. The fourth-order valence-corrected chi connectivity index (χ4v) is 3.16. The molecule has 0 saturated heterocycles. The van der Waals surface area contributed by atoms with E-state index in [2.05, 4.69) is 0 Å². The Bertz CT molecular complexity index is 677. The van der Waals surface area contributed by atoms with Gasteiger partial charge in [-0.05, 0) is 30.5 Å². The fourth-order valence-electron chi connectivity index (χ4n) is 2.86. The van der Waals surface area contributed by atoms with Gasteiger partial charge < -0.3 is 4.74 Å². The summed E-state index contributed by atoms with van der Waals surface area (Å²) >= 11 is 6.37. The monoisotopic (exact) mass is 286 g/mol. The number of Topliss-reactive ketones (excluding diaryl/α,β-unsaturated/α-hetero) is 1. The van der Waals surface area contributed by atoms with E-state index in [-0.39, 0.29) is 11.7 Å². The predicted molar refractivity (Wildman–Crippen MR) is 80.0 cm³/mol. The summed E-state index contributed by atoms with van der Waals surface area (Å²) in [5, 5.41) is 0.530. The highest BCUT2D eigenvalue weighted by Crippen LogP contribution is 2.42. The second-order valence-corrected chi connectivity index (χ2v) is 5.46. The molecule has 2 nitrogen and oxygen atoms in total. The van der Waals surface area contributed by atoms with Crippen molar-refractivity contribution in [2.24, 2.45) is 0 Å². The molecule has 0 aromatic heterocycles. The molecule has 0 heterocycles. The first-order valence-electron chi connectivity index (χ1n) is 6.58. The zero-order valence-corrected chi connectivity index (χ0v) is 12.2. The van der Waals surface area contributed by atoms with Gasteiger partial charge in [0.1, 0.15) is 5.75 Å². The van der Waals surface area contributed by atoms with Crippen LogP contribution in [0.4, 0.5) is 0 Å². The van der Waals surface area contributed by atoms with Crippen LogP contribution in [0.2, 0.25) is 5.02 Å². The Labute approximate surface area is 123 Å². The van der Waals surface area contributed by atoms with E-state index in [1.54, 1.807) is 7.11 Å². The maximum atomic E-state index is 12.6. The third-order valence-electron chi connectivity index (χ3n) is 3.95. The van der Waals surface area contributed by atoms with Crippen LogP contribution in [0, 0.1) is 6.92 Å². The zero-order chi connectivity index (χ0) is 14.3. The lowest BCUT2D eigenvalue weighted by molar-refractivity contribution is 0.0973. The van der Waals surface area contributed by atoms with Crippen molar-refractivity contribution in [2.75, 3.05) is 7.11 Å². The molecule has 0 amide bonds. The molecule has 1 aliphatic carbocycles. The van der Waals surface area contributed by atoms with Crippen molar-refractivity contribution in [3.63, 3.8) is 0 Å². The smallest absolute Gasteiger partial charge is 0.172 e. The summed E-state index contributed by atoms with van der Waals surface area (Å²) in [6, 6.07) is 11.8. The second-order valence-electron chi connectivity index (χ2n) is 5.08. The highest BCUT2D eigenvalue weighted by atomic mass is 35.5. The maximum absolute atomic E-state index is 12.6. The van der Waals surface area contributed by atoms with Gasteiger partial charge in [0.15, 0.2) is 5.78 Å². The van der Waals surface area contributed by atoms with Gasteiger partial charge in [-0.15, -0.1) is 0 Å². The third-order valence-corrected chi connectivity index (χ3v) is 4.43. The van der Waals surface area contributed by atoms with Crippen LogP contribution in [0.25, 0.3) is 0 Å². The number of methoxy groups -OCH3 is 1. The van der Waals surface area contributed by atoms with E-state index in [4.69, 9.17) is 16.3 Å². The number of carbonyl (C=O) groups excluding carboxylic acids is 1. The SMILES string of the molecule is COc1cc2c(c(Cl)c1C)C(=O)[C@@H](c1ccccc1)C2. The van der Waals surface area contributed by atoms with Crippen LogP contribution in [-0.4, -0.2) is 12.9 Å². The molecule has 0 N–H and O–H groups in total. The number of benzene rings is 2. The molecule has 0 aliphatic heterocycles. The molecule has 3 rings (SSSR count). The summed E-state index contributed by atoms with van der Waals surface area (Å²) in [5.41, 5.74) is 3.52. The van der Waals surface area contributed by atoms with Gasteiger partial charge in [-0.2, -0.15) is 0 Å². The molecule has 102 valence electrons. The van der Waals surface area contributed by atoms with E-state index < -0.39 is 0 Å². The highest BCUT2D eigenvalue weighted by Gasteiger charge is 2.34. The summed E-state index contributed by atoms with van der Waals surface area (Å²) in [5.74, 6) is 0.729. The van der Waals surface area contributed by atoms with Crippen molar-refractivity contribution in [3.8, 4) is 5.75 Å². The number of rotatable bonds is 2. The Morgan fingerprint density at radius 2 is 1.95 bits per heavy atom. The molecule has 0 saturated carbocycles. The average Bonchev–Trinajstić information content (AvgIpc) is 2.81. The van der Waals surface area contributed by atoms with Gasteiger partial charge in [0.05, 0.1) is 18.1 Å². The van der Waals surface area contributed by atoms with Crippen molar-refractivity contribution in [1.82, 2.24) is 0 Å². The Hall–Kier alpha value is -1.80. The van der Waals surface area contributed by atoms with Gasteiger partial charge in [0.25, 0.3) is 0 Å². The van der Waals surface area contributed by atoms with E-state index in [0.717, 1.165) is 22.4 Å². The van der Waals surface area contributed by atoms with Gasteiger partial charge >= 0.3 is 0 Å². The molecule has 2 aromatic carbocycles. The number of ether oxygens (including phenoxy) is 1. The number of hydrogen-bond acceptors (Lipinski definition) is 2. The summed E-state index contributed by atoms with van der Waals surface area (Å²) in [4.78, 5) is 12.6. The van der Waals surface area contributed by atoms with Crippen LogP contribution >= 0.6 is 11.6 Å². The minimum Gasteiger partial charge on any atom is -0.496 e. The van der Waals surface area contributed by atoms with Gasteiger partial charge in [0, 0.05) is 11.1 Å².